The molecule has 0 unspecified atom stereocenters. The Morgan fingerprint density at radius 2 is 1.96 bits per heavy atom. The van der Waals surface area contributed by atoms with Crippen LogP contribution in [-0.4, -0.2) is 25.0 Å². The summed E-state index contributed by atoms with van der Waals surface area (Å²) in [4.78, 5) is 22.6. The first-order chi connectivity index (χ1) is 11.4. The summed E-state index contributed by atoms with van der Waals surface area (Å²) in [7, 11) is 2.92. The first-order valence-corrected chi connectivity index (χ1v) is 6.99. The van der Waals surface area contributed by atoms with E-state index in [-0.39, 0.29) is 11.4 Å². The fourth-order valence-electron chi connectivity index (χ4n) is 2.17. The van der Waals surface area contributed by atoms with Crippen LogP contribution in [-0.2, 0) is 0 Å². The molecule has 2 N–H and O–H groups in total. The SMILES string of the molecule is CNc1cc(C(=O)Nc2cc([N+](=O)[O-])c(OC)cc2F)ccc1C. The number of nitrogens with one attached hydrogen (secondary N) is 2. The van der Waals surface area contributed by atoms with Gasteiger partial charge in [-0.3, -0.25) is 14.9 Å². The lowest BCUT2D eigenvalue weighted by atomic mass is 10.1. The van der Waals surface area contributed by atoms with Crippen LogP contribution in [0.2, 0.25) is 0 Å². The van der Waals surface area contributed by atoms with Crippen LogP contribution in [0.3, 0.4) is 0 Å². The zero-order valence-electron chi connectivity index (χ0n) is 13.3. The third-order valence-electron chi connectivity index (χ3n) is 3.48. The number of hydrogen-bond donors (Lipinski definition) is 2. The lowest BCUT2D eigenvalue weighted by molar-refractivity contribution is -0.385. The highest BCUT2D eigenvalue weighted by Crippen LogP contribution is 2.32. The van der Waals surface area contributed by atoms with E-state index >= 15 is 0 Å². The second-order valence-electron chi connectivity index (χ2n) is 4.99. The molecule has 126 valence electrons. The molecule has 0 heterocycles. The summed E-state index contributed by atoms with van der Waals surface area (Å²) >= 11 is 0. The predicted molar refractivity (Wildman–Crippen MR) is 88.3 cm³/mol. The second-order valence-corrected chi connectivity index (χ2v) is 4.99. The van der Waals surface area contributed by atoms with E-state index in [2.05, 4.69) is 10.6 Å². The van der Waals surface area contributed by atoms with Crippen LogP contribution >= 0.6 is 0 Å². The number of carbonyl (C=O) groups excluding carboxylic acids is 1. The van der Waals surface area contributed by atoms with Gasteiger partial charge in [-0.1, -0.05) is 6.07 Å². The maximum Gasteiger partial charge on any atom is 0.313 e. The van der Waals surface area contributed by atoms with E-state index in [1.54, 1.807) is 25.2 Å². The van der Waals surface area contributed by atoms with Crippen LogP contribution in [0.25, 0.3) is 0 Å². The van der Waals surface area contributed by atoms with Gasteiger partial charge in [-0.15, -0.1) is 0 Å². The molecule has 0 spiro atoms. The fourth-order valence-corrected chi connectivity index (χ4v) is 2.17. The quantitative estimate of drug-likeness (QED) is 0.646. The zero-order chi connectivity index (χ0) is 17.9. The minimum atomic E-state index is -0.827. The van der Waals surface area contributed by atoms with Gasteiger partial charge < -0.3 is 15.4 Å². The number of nitro groups is 1. The summed E-state index contributed by atoms with van der Waals surface area (Å²) in [5.74, 6) is -1.63. The molecule has 0 fully saturated rings. The molecule has 0 radical (unpaired) electrons. The second kappa shape index (κ2) is 6.95. The topological polar surface area (TPSA) is 93.5 Å². The van der Waals surface area contributed by atoms with Crippen molar-refractivity contribution in [2.45, 2.75) is 6.92 Å². The third kappa shape index (κ3) is 3.43. The van der Waals surface area contributed by atoms with Crippen LogP contribution < -0.4 is 15.4 Å². The molecule has 0 saturated heterocycles. The molecular formula is C16H16FN3O4. The Labute approximate surface area is 137 Å². The fraction of sp³-hybridized carbons (Fsp3) is 0.188. The number of nitro benzene ring substituents is 1. The number of carbonyl (C=O) groups is 1. The van der Waals surface area contributed by atoms with Crippen LogP contribution in [0.1, 0.15) is 15.9 Å². The average Bonchev–Trinajstić information content (AvgIpc) is 2.56. The number of hydrogen-bond acceptors (Lipinski definition) is 5. The van der Waals surface area contributed by atoms with Crippen molar-refractivity contribution in [2.75, 3.05) is 24.8 Å². The number of halogens is 1. The molecule has 0 aliphatic rings. The number of benzene rings is 2. The van der Waals surface area contributed by atoms with E-state index in [0.29, 0.717) is 5.56 Å². The molecule has 0 aliphatic carbocycles. The van der Waals surface area contributed by atoms with Gasteiger partial charge in [0.25, 0.3) is 5.91 Å². The molecule has 2 rings (SSSR count). The van der Waals surface area contributed by atoms with Gasteiger partial charge >= 0.3 is 5.69 Å². The number of anilines is 2. The Balaban J connectivity index is 2.35. The Kier molecular flexibility index (Phi) is 4.98. The summed E-state index contributed by atoms with van der Waals surface area (Å²) in [6.07, 6.45) is 0. The van der Waals surface area contributed by atoms with Crippen molar-refractivity contribution in [1.29, 1.82) is 0 Å². The molecule has 0 saturated carbocycles. The van der Waals surface area contributed by atoms with Crippen molar-refractivity contribution in [3.8, 4) is 5.75 Å². The lowest BCUT2D eigenvalue weighted by Gasteiger charge is -2.10. The monoisotopic (exact) mass is 333 g/mol. The number of methoxy groups -OCH3 is 1. The Morgan fingerprint density at radius 1 is 1.25 bits per heavy atom. The smallest absolute Gasteiger partial charge is 0.313 e. The summed E-state index contributed by atoms with van der Waals surface area (Å²) in [6.45, 7) is 1.88. The Hall–Kier alpha value is -3.16. The highest BCUT2D eigenvalue weighted by atomic mass is 19.1. The highest BCUT2D eigenvalue weighted by molar-refractivity contribution is 6.05. The molecular weight excluding hydrogens is 317 g/mol. The molecule has 1 amide bonds. The average molecular weight is 333 g/mol. The molecule has 2 aromatic carbocycles. The van der Waals surface area contributed by atoms with Crippen molar-refractivity contribution in [3.05, 3.63) is 57.4 Å². The zero-order valence-corrected chi connectivity index (χ0v) is 13.3. The number of nitrogens with zero attached hydrogens (tertiary/aromatic N) is 1. The Bertz CT molecular complexity index is 808. The minimum Gasteiger partial charge on any atom is -0.490 e. The van der Waals surface area contributed by atoms with Crippen LogP contribution in [0.4, 0.5) is 21.5 Å². The summed E-state index contributed by atoms with van der Waals surface area (Å²) < 4.78 is 18.8. The molecule has 0 aliphatic heterocycles. The lowest BCUT2D eigenvalue weighted by Crippen LogP contribution is -2.14. The molecule has 24 heavy (non-hydrogen) atoms. The van der Waals surface area contributed by atoms with E-state index in [9.17, 15) is 19.3 Å². The molecule has 8 heteroatoms. The van der Waals surface area contributed by atoms with Gasteiger partial charge in [0.1, 0.15) is 0 Å². The number of rotatable bonds is 5. The van der Waals surface area contributed by atoms with Crippen LogP contribution in [0.15, 0.2) is 30.3 Å². The molecule has 0 aromatic heterocycles. The van der Waals surface area contributed by atoms with Crippen LogP contribution in [0.5, 0.6) is 5.75 Å². The van der Waals surface area contributed by atoms with Crippen molar-refractivity contribution >= 4 is 23.0 Å². The Morgan fingerprint density at radius 3 is 2.54 bits per heavy atom. The first kappa shape index (κ1) is 17.2. The van der Waals surface area contributed by atoms with Crippen molar-refractivity contribution in [3.63, 3.8) is 0 Å². The molecule has 7 nitrogen and oxygen atoms in total. The van der Waals surface area contributed by atoms with E-state index in [1.807, 2.05) is 6.92 Å². The molecule has 0 atom stereocenters. The van der Waals surface area contributed by atoms with E-state index in [1.165, 1.54) is 7.11 Å². The van der Waals surface area contributed by atoms with E-state index in [4.69, 9.17) is 4.74 Å². The predicted octanol–water partition coefficient (Wildman–Crippen LogP) is 3.34. The maximum absolute atomic E-state index is 14.0. The largest absolute Gasteiger partial charge is 0.490 e. The number of aryl methyl sites for hydroxylation is 1. The maximum atomic E-state index is 14.0. The van der Waals surface area contributed by atoms with Crippen molar-refractivity contribution in [2.24, 2.45) is 0 Å². The van der Waals surface area contributed by atoms with Crippen molar-refractivity contribution in [1.82, 2.24) is 0 Å². The van der Waals surface area contributed by atoms with Gasteiger partial charge in [-0.2, -0.15) is 0 Å². The van der Waals surface area contributed by atoms with Gasteiger partial charge in [0.05, 0.1) is 17.7 Å². The van der Waals surface area contributed by atoms with Crippen molar-refractivity contribution < 1.29 is 18.8 Å². The van der Waals surface area contributed by atoms with Gasteiger partial charge in [-0.25, -0.2) is 4.39 Å². The number of ether oxygens (including phenoxy) is 1. The minimum absolute atomic E-state index is 0.219. The standard InChI is InChI=1S/C16H16FN3O4/c1-9-4-5-10(6-12(9)18-2)16(21)19-13-8-14(20(22)23)15(24-3)7-11(13)17/h4-8,18H,1-3H3,(H,19,21). The number of amides is 1. The van der Waals surface area contributed by atoms with Gasteiger partial charge in [0.15, 0.2) is 11.6 Å². The first-order valence-electron chi connectivity index (χ1n) is 6.99. The normalized spacial score (nSPS) is 10.2. The third-order valence-corrected chi connectivity index (χ3v) is 3.48. The van der Waals surface area contributed by atoms with Crippen LogP contribution in [0, 0.1) is 22.9 Å². The highest BCUT2D eigenvalue weighted by Gasteiger charge is 2.20. The summed E-state index contributed by atoms with van der Waals surface area (Å²) in [5.41, 5.74) is 1.26. The van der Waals surface area contributed by atoms with Gasteiger partial charge in [0.2, 0.25) is 0 Å². The van der Waals surface area contributed by atoms with Gasteiger partial charge in [0, 0.05) is 30.4 Å². The summed E-state index contributed by atoms with van der Waals surface area (Å²) in [5, 5.41) is 16.3. The molecule has 2 aromatic rings. The summed E-state index contributed by atoms with van der Waals surface area (Å²) in [6, 6.07) is 6.73. The van der Waals surface area contributed by atoms with E-state index in [0.717, 1.165) is 23.4 Å². The molecule has 0 bridgehead atoms. The van der Waals surface area contributed by atoms with E-state index < -0.39 is 22.3 Å². The van der Waals surface area contributed by atoms with Gasteiger partial charge in [-0.05, 0) is 24.6 Å².